The molecule has 2 heterocycles. The molecular formula is C19H21ClN6O2. The summed E-state index contributed by atoms with van der Waals surface area (Å²) in [6.07, 6.45) is 6.31. The number of halogens is 1. The van der Waals surface area contributed by atoms with Gasteiger partial charge in [0.1, 0.15) is 23.1 Å². The van der Waals surface area contributed by atoms with Crippen LogP contribution in [0.25, 0.3) is 11.0 Å². The summed E-state index contributed by atoms with van der Waals surface area (Å²) in [4.78, 5) is 17.5. The molecule has 1 aliphatic rings. The fraction of sp³-hybridized carbons (Fsp3) is 0.368. The molecule has 0 amide bonds. The lowest BCUT2D eigenvalue weighted by molar-refractivity contribution is 0.126. The molecule has 0 bridgehead atoms. The quantitative estimate of drug-likeness (QED) is 0.597. The van der Waals surface area contributed by atoms with E-state index in [2.05, 4.69) is 30.6 Å². The Kier molecular flexibility index (Phi) is 5.40. The van der Waals surface area contributed by atoms with E-state index in [-0.39, 0.29) is 12.1 Å². The van der Waals surface area contributed by atoms with E-state index >= 15 is 0 Å². The summed E-state index contributed by atoms with van der Waals surface area (Å²) in [6.45, 7) is 0. The number of aliphatic hydroxyl groups excluding tert-OH is 1. The lowest BCUT2D eigenvalue weighted by atomic mass is 9.93. The number of nitrogens with one attached hydrogen (secondary N) is 2. The molecule has 146 valence electrons. The van der Waals surface area contributed by atoms with Crippen LogP contribution >= 0.6 is 11.6 Å². The van der Waals surface area contributed by atoms with Gasteiger partial charge < -0.3 is 20.5 Å². The molecule has 0 unspecified atom stereocenters. The number of methoxy groups -OCH3 is 1. The van der Waals surface area contributed by atoms with Gasteiger partial charge in [0.25, 0.3) is 0 Å². The van der Waals surface area contributed by atoms with Gasteiger partial charge in [-0.15, -0.1) is 0 Å². The Hall–Kier alpha value is -2.71. The molecule has 0 radical (unpaired) electrons. The summed E-state index contributed by atoms with van der Waals surface area (Å²) in [7, 11) is 1.57. The summed E-state index contributed by atoms with van der Waals surface area (Å²) < 4.78 is 5.19. The van der Waals surface area contributed by atoms with Gasteiger partial charge in [0.05, 0.1) is 24.4 Å². The van der Waals surface area contributed by atoms with Gasteiger partial charge in [0.2, 0.25) is 5.95 Å². The monoisotopic (exact) mass is 400 g/mol. The van der Waals surface area contributed by atoms with Crippen LogP contribution in [0.3, 0.4) is 0 Å². The fourth-order valence-corrected chi connectivity index (χ4v) is 3.56. The van der Waals surface area contributed by atoms with Crippen molar-refractivity contribution in [1.82, 2.24) is 19.9 Å². The van der Waals surface area contributed by atoms with Crippen molar-refractivity contribution >= 4 is 40.1 Å². The van der Waals surface area contributed by atoms with Crippen LogP contribution in [-0.4, -0.2) is 44.3 Å². The van der Waals surface area contributed by atoms with Crippen LogP contribution in [0.15, 0.2) is 30.7 Å². The van der Waals surface area contributed by atoms with Crippen LogP contribution in [0, 0.1) is 0 Å². The van der Waals surface area contributed by atoms with Crippen molar-refractivity contribution in [2.24, 2.45) is 0 Å². The third-order valence-corrected chi connectivity index (χ3v) is 5.12. The Morgan fingerprint density at radius 1 is 1.14 bits per heavy atom. The molecule has 1 fully saturated rings. The number of ether oxygens (including phenoxy) is 1. The van der Waals surface area contributed by atoms with E-state index < -0.39 is 0 Å². The smallest absolute Gasteiger partial charge is 0.223 e. The van der Waals surface area contributed by atoms with Gasteiger partial charge in [-0.05, 0) is 43.9 Å². The first-order valence-corrected chi connectivity index (χ1v) is 9.53. The van der Waals surface area contributed by atoms with Crippen LogP contribution in [0.1, 0.15) is 25.7 Å². The Labute approximate surface area is 167 Å². The predicted octanol–water partition coefficient (Wildman–Crippen LogP) is 3.54. The van der Waals surface area contributed by atoms with Gasteiger partial charge in [0.15, 0.2) is 5.82 Å². The van der Waals surface area contributed by atoms with Gasteiger partial charge >= 0.3 is 0 Å². The van der Waals surface area contributed by atoms with E-state index in [0.29, 0.717) is 33.6 Å². The maximum absolute atomic E-state index is 9.66. The summed E-state index contributed by atoms with van der Waals surface area (Å²) in [6, 6.07) is 5.66. The Morgan fingerprint density at radius 3 is 2.71 bits per heavy atom. The number of aliphatic hydroxyl groups is 1. The van der Waals surface area contributed by atoms with Crippen LogP contribution in [-0.2, 0) is 0 Å². The molecule has 0 aliphatic heterocycles. The summed E-state index contributed by atoms with van der Waals surface area (Å²) >= 11 is 6.21. The minimum Gasteiger partial charge on any atom is -0.495 e. The normalized spacial score (nSPS) is 19.4. The number of hydrogen-bond acceptors (Lipinski definition) is 8. The SMILES string of the molecule is COc1ccc(Nc2ncnc3cnc(NC4CCC(O)CC4)nc23)cc1Cl. The highest BCUT2D eigenvalue weighted by molar-refractivity contribution is 6.32. The lowest BCUT2D eigenvalue weighted by Gasteiger charge is -2.26. The lowest BCUT2D eigenvalue weighted by Crippen LogP contribution is -2.28. The van der Waals surface area contributed by atoms with Crippen molar-refractivity contribution in [2.75, 3.05) is 17.7 Å². The molecule has 0 spiro atoms. The second-order valence-electron chi connectivity index (χ2n) is 6.77. The molecular weight excluding hydrogens is 380 g/mol. The van der Waals surface area contributed by atoms with Gasteiger partial charge in [0, 0.05) is 11.7 Å². The standard InChI is InChI=1S/C19H21ClN6O2/c1-28-16-7-4-12(8-14(16)20)24-18-17-15(22-10-23-18)9-21-19(26-17)25-11-2-5-13(27)6-3-11/h4,7-11,13,27H,2-3,5-6H2,1H3,(H,21,25,26)(H,22,23,24). The molecule has 4 rings (SSSR count). The molecule has 28 heavy (non-hydrogen) atoms. The van der Waals surface area contributed by atoms with Crippen LogP contribution in [0.5, 0.6) is 5.75 Å². The zero-order valence-corrected chi connectivity index (χ0v) is 16.1. The number of anilines is 3. The Morgan fingerprint density at radius 2 is 1.96 bits per heavy atom. The number of aromatic nitrogens is 4. The van der Waals surface area contributed by atoms with E-state index in [1.54, 1.807) is 25.4 Å². The number of nitrogens with zero attached hydrogens (tertiary/aromatic N) is 4. The van der Waals surface area contributed by atoms with E-state index in [1.165, 1.54) is 6.33 Å². The molecule has 0 atom stereocenters. The summed E-state index contributed by atoms with van der Waals surface area (Å²) in [5, 5.41) is 16.8. The van der Waals surface area contributed by atoms with E-state index in [1.807, 2.05) is 6.07 Å². The molecule has 1 aromatic carbocycles. The van der Waals surface area contributed by atoms with Crippen LogP contribution < -0.4 is 15.4 Å². The average molecular weight is 401 g/mol. The second kappa shape index (κ2) is 8.12. The minimum absolute atomic E-state index is 0.198. The highest BCUT2D eigenvalue weighted by Crippen LogP contribution is 2.30. The number of hydrogen-bond donors (Lipinski definition) is 3. The number of benzene rings is 1. The molecule has 1 saturated carbocycles. The van der Waals surface area contributed by atoms with Gasteiger partial charge in [-0.3, -0.25) is 0 Å². The van der Waals surface area contributed by atoms with Crippen molar-refractivity contribution < 1.29 is 9.84 Å². The van der Waals surface area contributed by atoms with Crippen molar-refractivity contribution in [1.29, 1.82) is 0 Å². The molecule has 3 aromatic rings. The maximum atomic E-state index is 9.66. The zero-order valence-electron chi connectivity index (χ0n) is 15.4. The average Bonchev–Trinajstić information content (AvgIpc) is 2.70. The van der Waals surface area contributed by atoms with Crippen molar-refractivity contribution in [3.8, 4) is 5.75 Å². The number of fused-ring (bicyclic) bond motifs is 1. The van der Waals surface area contributed by atoms with Crippen LogP contribution in [0.2, 0.25) is 5.02 Å². The first-order chi connectivity index (χ1) is 13.6. The van der Waals surface area contributed by atoms with Gasteiger partial charge in [-0.1, -0.05) is 11.6 Å². The summed E-state index contributed by atoms with van der Waals surface area (Å²) in [5.74, 6) is 1.70. The van der Waals surface area contributed by atoms with Crippen molar-refractivity contribution in [2.45, 2.75) is 37.8 Å². The molecule has 8 nitrogen and oxygen atoms in total. The molecule has 0 saturated heterocycles. The summed E-state index contributed by atoms with van der Waals surface area (Å²) in [5.41, 5.74) is 2.02. The Bertz CT molecular complexity index is 978. The molecule has 9 heteroatoms. The largest absolute Gasteiger partial charge is 0.495 e. The molecule has 1 aliphatic carbocycles. The second-order valence-corrected chi connectivity index (χ2v) is 7.18. The van der Waals surface area contributed by atoms with Crippen molar-refractivity contribution in [3.05, 3.63) is 35.7 Å². The third-order valence-electron chi connectivity index (χ3n) is 4.82. The van der Waals surface area contributed by atoms with E-state index in [0.717, 1.165) is 31.4 Å². The zero-order chi connectivity index (χ0) is 19.5. The van der Waals surface area contributed by atoms with E-state index in [9.17, 15) is 5.11 Å². The van der Waals surface area contributed by atoms with Gasteiger partial charge in [-0.25, -0.2) is 19.9 Å². The minimum atomic E-state index is -0.198. The Balaban J connectivity index is 1.59. The first kappa shape index (κ1) is 18.6. The van der Waals surface area contributed by atoms with Crippen molar-refractivity contribution in [3.63, 3.8) is 0 Å². The molecule has 2 aromatic heterocycles. The predicted molar refractivity (Wildman–Crippen MR) is 108 cm³/mol. The first-order valence-electron chi connectivity index (χ1n) is 9.15. The van der Waals surface area contributed by atoms with Crippen LogP contribution in [0.4, 0.5) is 17.5 Å². The van der Waals surface area contributed by atoms with E-state index in [4.69, 9.17) is 16.3 Å². The third kappa shape index (κ3) is 4.07. The van der Waals surface area contributed by atoms with Gasteiger partial charge in [-0.2, -0.15) is 0 Å². The maximum Gasteiger partial charge on any atom is 0.223 e. The molecule has 3 N–H and O–H groups in total. The highest BCUT2D eigenvalue weighted by Gasteiger charge is 2.20. The highest BCUT2D eigenvalue weighted by atomic mass is 35.5. The fourth-order valence-electron chi connectivity index (χ4n) is 3.30. The number of rotatable bonds is 5. The topological polar surface area (TPSA) is 105 Å².